The maximum atomic E-state index is 13.2. The fourth-order valence-electron chi connectivity index (χ4n) is 3.09. The zero-order chi connectivity index (χ0) is 23.4. The number of carbonyl (C=O) groups is 2. The third-order valence-electron chi connectivity index (χ3n) is 4.76. The van der Waals surface area contributed by atoms with Crippen molar-refractivity contribution in [3.05, 3.63) is 78.4 Å². The van der Waals surface area contributed by atoms with Gasteiger partial charge in [0.05, 0.1) is 28.7 Å². The third kappa shape index (κ3) is 4.69. The molecule has 0 aliphatic carbocycles. The molecule has 0 fully saturated rings. The lowest BCUT2D eigenvalue weighted by atomic mass is 10.2. The number of amides is 1. The molecule has 9 nitrogen and oxygen atoms in total. The minimum Gasteiger partial charge on any atom is -0.452 e. The highest BCUT2D eigenvalue weighted by Crippen LogP contribution is 2.25. The summed E-state index contributed by atoms with van der Waals surface area (Å²) in [4.78, 5) is 24.8. The lowest BCUT2D eigenvalue weighted by molar-refractivity contribution is -0.119. The Kier molecular flexibility index (Phi) is 6.33. The lowest BCUT2D eigenvalue weighted by Crippen LogP contribution is -2.28. The molecule has 0 saturated heterocycles. The second-order valence-corrected chi connectivity index (χ2v) is 9.33. The highest BCUT2D eigenvalue weighted by Gasteiger charge is 2.27. The number of hydrogen-bond acceptors (Lipinski definition) is 8. The van der Waals surface area contributed by atoms with Gasteiger partial charge >= 0.3 is 5.97 Å². The third-order valence-corrected chi connectivity index (χ3v) is 7.15. The van der Waals surface area contributed by atoms with Gasteiger partial charge in [-0.15, -0.1) is 0 Å². The fourth-order valence-corrected chi connectivity index (χ4v) is 5.01. The summed E-state index contributed by atoms with van der Waals surface area (Å²) < 4.78 is 40.7. The van der Waals surface area contributed by atoms with Gasteiger partial charge in [-0.25, -0.2) is 13.2 Å². The first-order valence-electron chi connectivity index (χ1n) is 9.69. The Morgan fingerprint density at radius 3 is 2.48 bits per heavy atom. The minimum absolute atomic E-state index is 0.168. The molecule has 1 amide bonds. The Bertz CT molecular complexity index is 1420. The monoisotopic (exact) mass is 482 g/mol. The average molecular weight is 483 g/mol. The van der Waals surface area contributed by atoms with E-state index >= 15 is 0 Å². The summed E-state index contributed by atoms with van der Waals surface area (Å²) >= 11 is 1.02. The van der Waals surface area contributed by atoms with Crippen molar-refractivity contribution in [3.63, 3.8) is 0 Å². The molecule has 1 aromatic heterocycles. The minimum atomic E-state index is -4.05. The molecule has 1 heterocycles. The van der Waals surface area contributed by atoms with Crippen molar-refractivity contribution in [3.8, 4) is 0 Å². The zero-order valence-corrected chi connectivity index (χ0v) is 19.0. The molecule has 4 aromatic rings. The van der Waals surface area contributed by atoms with Gasteiger partial charge < -0.3 is 10.1 Å². The number of sulfonamides is 1. The van der Waals surface area contributed by atoms with Gasteiger partial charge in [0.25, 0.3) is 15.9 Å². The van der Waals surface area contributed by atoms with Crippen LogP contribution >= 0.6 is 11.7 Å². The molecule has 0 aliphatic heterocycles. The molecule has 168 valence electrons. The molecule has 3 aromatic carbocycles. The van der Waals surface area contributed by atoms with Crippen molar-refractivity contribution < 1.29 is 22.7 Å². The van der Waals surface area contributed by atoms with Crippen molar-refractivity contribution in [1.29, 1.82) is 0 Å². The predicted octanol–water partition coefficient (Wildman–Crippen LogP) is 3.31. The van der Waals surface area contributed by atoms with Crippen LogP contribution in [0.4, 0.5) is 11.4 Å². The van der Waals surface area contributed by atoms with E-state index in [0.717, 1.165) is 16.0 Å². The van der Waals surface area contributed by atoms with Crippen molar-refractivity contribution in [1.82, 2.24) is 8.75 Å². The van der Waals surface area contributed by atoms with Crippen molar-refractivity contribution in [2.24, 2.45) is 0 Å². The van der Waals surface area contributed by atoms with E-state index in [1.807, 2.05) is 0 Å². The molecule has 11 heteroatoms. The topological polar surface area (TPSA) is 119 Å². The summed E-state index contributed by atoms with van der Waals surface area (Å²) in [5.41, 5.74) is 1.87. The number of esters is 1. The Labute approximate surface area is 194 Å². The van der Waals surface area contributed by atoms with Crippen molar-refractivity contribution in [2.75, 3.05) is 23.3 Å². The standard InChI is InChI=1S/C22H18N4O5S2/c1-26(15-8-3-2-4-9-15)33(29,30)19-13-6-5-10-16(19)22(28)31-14-20(27)23-17-11-7-12-18-21(17)25-32-24-18/h2-13H,14H2,1H3,(H,23,27). The fraction of sp³-hybridized carbons (Fsp3) is 0.0909. The van der Waals surface area contributed by atoms with E-state index < -0.39 is 28.5 Å². The molecule has 0 aliphatic rings. The smallest absolute Gasteiger partial charge is 0.340 e. The lowest BCUT2D eigenvalue weighted by Gasteiger charge is -2.20. The van der Waals surface area contributed by atoms with Crippen molar-refractivity contribution >= 4 is 56.0 Å². The summed E-state index contributed by atoms with van der Waals surface area (Å²) in [5, 5.41) is 2.62. The summed E-state index contributed by atoms with van der Waals surface area (Å²) in [5.74, 6) is -1.52. The van der Waals surface area contributed by atoms with Gasteiger partial charge in [0.1, 0.15) is 15.9 Å². The number of carbonyl (C=O) groups excluding carboxylic acids is 2. The van der Waals surface area contributed by atoms with Gasteiger partial charge in [0.15, 0.2) is 6.61 Å². The maximum Gasteiger partial charge on any atom is 0.340 e. The van der Waals surface area contributed by atoms with Crippen LogP contribution in [-0.2, 0) is 19.6 Å². The number of anilines is 2. The Morgan fingerprint density at radius 2 is 1.70 bits per heavy atom. The number of hydrogen-bond donors (Lipinski definition) is 1. The van der Waals surface area contributed by atoms with Crippen LogP contribution < -0.4 is 9.62 Å². The van der Waals surface area contributed by atoms with Gasteiger partial charge in [0.2, 0.25) is 0 Å². The number of nitrogens with zero attached hydrogens (tertiary/aromatic N) is 3. The Hall–Kier alpha value is -3.83. The Balaban J connectivity index is 1.49. The molecule has 0 spiro atoms. The van der Waals surface area contributed by atoms with Crippen LogP contribution in [0.25, 0.3) is 11.0 Å². The van der Waals surface area contributed by atoms with E-state index in [1.165, 1.54) is 31.3 Å². The first-order valence-corrected chi connectivity index (χ1v) is 11.9. The number of rotatable bonds is 7. The second-order valence-electron chi connectivity index (χ2n) is 6.87. The Morgan fingerprint density at radius 1 is 0.970 bits per heavy atom. The summed E-state index contributed by atoms with van der Waals surface area (Å²) in [6.45, 7) is -0.601. The predicted molar refractivity (Wildman–Crippen MR) is 125 cm³/mol. The van der Waals surface area contributed by atoms with Crippen LogP contribution in [0.15, 0.2) is 77.7 Å². The van der Waals surface area contributed by atoms with Gasteiger partial charge in [0, 0.05) is 7.05 Å². The number of fused-ring (bicyclic) bond motifs is 1. The average Bonchev–Trinajstić information content (AvgIpc) is 3.32. The molecule has 0 bridgehead atoms. The first kappa shape index (κ1) is 22.4. The molecule has 0 radical (unpaired) electrons. The maximum absolute atomic E-state index is 13.2. The number of ether oxygens (including phenoxy) is 1. The van der Waals surface area contributed by atoms with E-state index in [9.17, 15) is 18.0 Å². The zero-order valence-electron chi connectivity index (χ0n) is 17.3. The van der Waals surface area contributed by atoms with Gasteiger partial charge in [-0.2, -0.15) is 8.75 Å². The van der Waals surface area contributed by atoms with Gasteiger partial charge in [-0.05, 0) is 36.4 Å². The first-order chi connectivity index (χ1) is 15.9. The van der Waals surface area contributed by atoms with Crippen LogP contribution in [0.1, 0.15) is 10.4 Å². The molecular formula is C22H18N4O5S2. The largest absolute Gasteiger partial charge is 0.452 e. The van der Waals surface area contributed by atoms with Crippen LogP contribution in [0.2, 0.25) is 0 Å². The van der Waals surface area contributed by atoms with Crippen molar-refractivity contribution in [2.45, 2.75) is 4.90 Å². The van der Waals surface area contributed by atoms with Crippen LogP contribution in [0, 0.1) is 0 Å². The van der Waals surface area contributed by atoms with Crippen LogP contribution in [0.3, 0.4) is 0 Å². The normalized spacial score (nSPS) is 11.2. The second kappa shape index (κ2) is 9.35. The summed E-state index contributed by atoms with van der Waals surface area (Å²) in [6, 6.07) is 19.3. The number of aromatic nitrogens is 2. The quantitative estimate of drug-likeness (QED) is 0.402. The van der Waals surface area contributed by atoms with E-state index in [4.69, 9.17) is 4.74 Å². The SMILES string of the molecule is CN(c1ccccc1)S(=O)(=O)c1ccccc1C(=O)OCC(=O)Nc1cccc2nsnc12. The van der Waals surface area contributed by atoms with E-state index in [2.05, 4.69) is 14.1 Å². The highest BCUT2D eigenvalue weighted by atomic mass is 32.2. The van der Waals surface area contributed by atoms with E-state index in [0.29, 0.717) is 22.4 Å². The molecule has 4 rings (SSSR count). The van der Waals surface area contributed by atoms with E-state index in [1.54, 1.807) is 48.5 Å². The molecule has 0 saturated carbocycles. The number of nitrogens with one attached hydrogen (secondary N) is 1. The molecular weight excluding hydrogens is 464 g/mol. The summed E-state index contributed by atoms with van der Waals surface area (Å²) in [7, 11) is -2.66. The van der Waals surface area contributed by atoms with E-state index in [-0.39, 0.29) is 10.5 Å². The molecule has 1 N–H and O–H groups in total. The number of benzene rings is 3. The number of para-hydroxylation sites is 1. The molecule has 0 unspecified atom stereocenters. The summed E-state index contributed by atoms with van der Waals surface area (Å²) in [6.07, 6.45) is 0. The van der Waals surface area contributed by atoms with Crippen LogP contribution in [0.5, 0.6) is 0 Å². The van der Waals surface area contributed by atoms with Crippen LogP contribution in [-0.4, -0.2) is 42.7 Å². The van der Waals surface area contributed by atoms with Gasteiger partial charge in [-0.3, -0.25) is 9.10 Å². The molecule has 33 heavy (non-hydrogen) atoms. The molecule has 0 atom stereocenters. The van der Waals surface area contributed by atoms with Gasteiger partial charge in [-0.1, -0.05) is 36.4 Å². The highest BCUT2D eigenvalue weighted by molar-refractivity contribution is 7.92.